The monoisotopic (exact) mass is 314 g/mol. The fourth-order valence-corrected chi connectivity index (χ4v) is 3.92. The average Bonchev–Trinajstić information content (AvgIpc) is 2.47. The molecule has 0 unspecified atom stereocenters. The Kier molecular flexibility index (Phi) is 4.50. The maximum Gasteiger partial charge on any atom is 0.337 e. The molecule has 0 atom stereocenters. The second-order valence-electron chi connectivity index (χ2n) is 4.93. The Hall–Kier alpha value is -1.64. The molecule has 1 saturated heterocycles. The van der Waals surface area contributed by atoms with E-state index in [1.807, 2.05) is 0 Å². The Balaban J connectivity index is 2.41. The molecule has 7 nitrogen and oxygen atoms in total. The summed E-state index contributed by atoms with van der Waals surface area (Å²) in [7, 11) is -2.42. The predicted octanol–water partition coefficient (Wildman–Crippen LogP) is 0.766. The third-order valence-electron chi connectivity index (χ3n) is 3.60. The van der Waals surface area contributed by atoms with Crippen LogP contribution in [-0.2, 0) is 14.8 Å². The van der Waals surface area contributed by atoms with Gasteiger partial charge in [-0.25, -0.2) is 13.2 Å². The van der Waals surface area contributed by atoms with Gasteiger partial charge in [0.15, 0.2) is 0 Å². The highest BCUT2D eigenvalue weighted by Crippen LogP contribution is 2.25. The fraction of sp³-hybridized carbons (Fsp3) is 0.462. The lowest BCUT2D eigenvalue weighted by Gasteiger charge is -2.30. The molecule has 1 aromatic rings. The van der Waals surface area contributed by atoms with Gasteiger partial charge in [-0.1, -0.05) is 0 Å². The molecule has 0 bridgehead atoms. The summed E-state index contributed by atoms with van der Waals surface area (Å²) in [4.78, 5) is 11.0. The van der Waals surface area contributed by atoms with Crippen molar-refractivity contribution in [2.45, 2.75) is 23.8 Å². The molecule has 1 fully saturated rings. The molecule has 0 amide bonds. The smallest absolute Gasteiger partial charge is 0.337 e. The molecule has 0 saturated carbocycles. The van der Waals surface area contributed by atoms with Crippen molar-refractivity contribution in [1.82, 2.24) is 4.31 Å². The molecule has 116 valence electrons. The summed E-state index contributed by atoms with van der Waals surface area (Å²) in [6.45, 7) is 0.996. The fourth-order valence-electron chi connectivity index (χ4n) is 2.34. The lowest BCUT2D eigenvalue weighted by molar-refractivity contribution is 0.0629. The molecule has 21 heavy (non-hydrogen) atoms. The number of carboxylic acids is 1. The average molecular weight is 314 g/mol. The van der Waals surface area contributed by atoms with E-state index >= 15 is 0 Å². The van der Waals surface area contributed by atoms with Gasteiger partial charge in [0.05, 0.1) is 10.5 Å². The van der Waals surface area contributed by atoms with E-state index < -0.39 is 16.0 Å². The van der Waals surface area contributed by atoms with Gasteiger partial charge < -0.3 is 15.6 Å². The minimum Gasteiger partial charge on any atom is -0.478 e. The molecule has 1 aliphatic rings. The van der Waals surface area contributed by atoms with Crippen molar-refractivity contribution in [2.24, 2.45) is 0 Å². The number of ether oxygens (including phenoxy) is 1. The highest BCUT2D eigenvalue weighted by Gasteiger charge is 2.32. The van der Waals surface area contributed by atoms with Gasteiger partial charge in [-0.3, -0.25) is 0 Å². The number of nitrogens with two attached hydrogens (primary N) is 1. The van der Waals surface area contributed by atoms with Gasteiger partial charge >= 0.3 is 5.97 Å². The second kappa shape index (κ2) is 6.00. The number of nitrogens with zero attached hydrogens (tertiary/aromatic N) is 1. The van der Waals surface area contributed by atoms with Crippen molar-refractivity contribution in [3.63, 3.8) is 0 Å². The first-order valence-corrected chi connectivity index (χ1v) is 7.96. The summed E-state index contributed by atoms with van der Waals surface area (Å²) < 4.78 is 31.7. The zero-order valence-electron chi connectivity index (χ0n) is 11.7. The largest absolute Gasteiger partial charge is 0.478 e. The summed E-state index contributed by atoms with van der Waals surface area (Å²) in [6.07, 6.45) is 1.18. The molecule has 0 radical (unpaired) electrons. The Morgan fingerprint density at radius 1 is 1.38 bits per heavy atom. The van der Waals surface area contributed by atoms with Gasteiger partial charge in [-0.2, -0.15) is 4.31 Å². The molecule has 0 aliphatic carbocycles. The number of carboxylic acid groups (broad SMARTS) is 1. The van der Waals surface area contributed by atoms with Crippen LogP contribution in [0.1, 0.15) is 23.2 Å². The topological polar surface area (TPSA) is 110 Å². The third kappa shape index (κ3) is 3.17. The number of anilines is 1. The maximum absolute atomic E-state index is 12.6. The first-order valence-electron chi connectivity index (χ1n) is 6.52. The standard InChI is InChI=1S/C13H18N2O5S/c1-15(10-4-6-20-7-5-10)21(18,19)12-3-2-9(14)8-11(12)13(16)17/h2-3,8,10H,4-7,14H2,1H3,(H,16,17). The van der Waals surface area contributed by atoms with Gasteiger partial charge in [-0.05, 0) is 31.0 Å². The first-order chi connectivity index (χ1) is 9.84. The Morgan fingerprint density at radius 3 is 2.57 bits per heavy atom. The van der Waals surface area contributed by atoms with Gasteiger partial charge in [0.1, 0.15) is 0 Å². The molecule has 1 heterocycles. The summed E-state index contributed by atoms with van der Waals surface area (Å²) in [5.41, 5.74) is 5.44. The highest BCUT2D eigenvalue weighted by molar-refractivity contribution is 7.89. The lowest BCUT2D eigenvalue weighted by Crippen LogP contribution is -2.41. The van der Waals surface area contributed by atoms with E-state index in [1.54, 1.807) is 0 Å². The van der Waals surface area contributed by atoms with Crippen LogP contribution < -0.4 is 5.73 Å². The zero-order valence-corrected chi connectivity index (χ0v) is 12.5. The Labute approximate surface area is 123 Å². The third-order valence-corrected chi connectivity index (χ3v) is 5.56. The number of nitrogen functional groups attached to an aromatic ring is 1. The molecular formula is C13H18N2O5S. The predicted molar refractivity (Wildman–Crippen MR) is 76.6 cm³/mol. The molecule has 1 aromatic carbocycles. The summed E-state index contributed by atoms with van der Waals surface area (Å²) in [6, 6.07) is 3.59. The van der Waals surface area contributed by atoms with Crippen molar-refractivity contribution in [3.8, 4) is 0 Å². The van der Waals surface area contributed by atoms with E-state index in [2.05, 4.69) is 0 Å². The Bertz CT molecular complexity index is 638. The van der Waals surface area contributed by atoms with Gasteiger partial charge in [0.25, 0.3) is 0 Å². The zero-order chi connectivity index (χ0) is 15.6. The number of rotatable bonds is 4. The van der Waals surface area contributed by atoms with Crippen molar-refractivity contribution >= 4 is 21.7 Å². The van der Waals surface area contributed by atoms with Crippen LogP contribution in [0.5, 0.6) is 0 Å². The lowest BCUT2D eigenvalue weighted by atomic mass is 10.1. The van der Waals surface area contributed by atoms with E-state index in [0.717, 1.165) is 6.07 Å². The van der Waals surface area contributed by atoms with E-state index in [9.17, 15) is 18.3 Å². The van der Waals surface area contributed by atoms with E-state index in [4.69, 9.17) is 10.5 Å². The normalized spacial score (nSPS) is 17.0. The van der Waals surface area contributed by atoms with Crippen LogP contribution in [0.25, 0.3) is 0 Å². The van der Waals surface area contributed by atoms with Gasteiger partial charge in [0.2, 0.25) is 10.0 Å². The van der Waals surface area contributed by atoms with Crippen molar-refractivity contribution in [1.29, 1.82) is 0 Å². The van der Waals surface area contributed by atoms with Gasteiger partial charge in [0, 0.05) is 32.0 Å². The number of sulfonamides is 1. The first kappa shape index (κ1) is 15.7. The van der Waals surface area contributed by atoms with Gasteiger partial charge in [-0.15, -0.1) is 0 Å². The number of aromatic carboxylic acids is 1. The van der Waals surface area contributed by atoms with Crippen LogP contribution >= 0.6 is 0 Å². The maximum atomic E-state index is 12.6. The van der Waals surface area contributed by atoms with Crippen molar-refractivity contribution in [2.75, 3.05) is 26.0 Å². The molecular weight excluding hydrogens is 296 g/mol. The van der Waals surface area contributed by atoms with Crippen LogP contribution in [0.15, 0.2) is 23.1 Å². The number of benzene rings is 1. The van der Waals surface area contributed by atoms with E-state index in [1.165, 1.54) is 23.5 Å². The Morgan fingerprint density at radius 2 is 2.00 bits per heavy atom. The summed E-state index contributed by atoms with van der Waals surface area (Å²) in [5.74, 6) is -1.32. The van der Waals surface area contributed by atoms with Crippen LogP contribution in [0.2, 0.25) is 0 Å². The molecule has 0 spiro atoms. The highest BCUT2D eigenvalue weighted by atomic mass is 32.2. The van der Waals surface area contributed by atoms with E-state index in [-0.39, 0.29) is 22.2 Å². The summed E-state index contributed by atoms with van der Waals surface area (Å²) in [5, 5.41) is 9.19. The van der Waals surface area contributed by atoms with Crippen LogP contribution in [-0.4, -0.2) is 50.1 Å². The van der Waals surface area contributed by atoms with Crippen LogP contribution in [0.3, 0.4) is 0 Å². The molecule has 8 heteroatoms. The SMILES string of the molecule is CN(C1CCOCC1)S(=O)(=O)c1ccc(N)cc1C(=O)O. The molecule has 3 N–H and O–H groups in total. The van der Waals surface area contributed by atoms with Crippen molar-refractivity contribution in [3.05, 3.63) is 23.8 Å². The minimum absolute atomic E-state index is 0.192. The second-order valence-corrected chi connectivity index (χ2v) is 6.89. The molecule has 1 aliphatic heterocycles. The van der Waals surface area contributed by atoms with Crippen LogP contribution in [0.4, 0.5) is 5.69 Å². The number of hydrogen-bond acceptors (Lipinski definition) is 5. The quantitative estimate of drug-likeness (QED) is 0.794. The number of hydrogen-bond donors (Lipinski definition) is 2. The summed E-state index contributed by atoms with van der Waals surface area (Å²) >= 11 is 0. The van der Waals surface area contributed by atoms with E-state index in [0.29, 0.717) is 26.1 Å². The number of carbonyl (C=O) groups is 1. The van der Waals surface area contributed by atoms with Crippen LogP contribution in [0, 0.1) is 0 Å². The molecule has 2 rings (SSSR count). The molecule has 0 aromatic heterocycles. The minimum atomic E-state index is -3.89. The van der Waals surface area contributed by atoms with Crippen molar-refractivity contribution < 1.29 is 23.1 Å².